The molecule has 69 heavy (non-hydrogen) atoms. The van der Waals surface area contributed by atoms with Gasteiger partial charge in [0.25, 0.3) is 0 Å². The first kappa shape index (κ1) is 55.0. The summed E-state index contributed by atoms with van der Waals surface area (Å²) >= 11 is 0. The zero-order valence-corrected chi connectivity index (χ0v) is 41.3. The Morgan fingerprint density at radius 1 is 0.899 bits per heavy atom. The lowest BCUT2D eigenvalue weighted by atomic mass is 9.70. The van der Waals surface area contributed by atoms with Crippen LogP contribution in [0.15, 0.2) is 90.1 Å². The fourth-order valence-corrected chi connectivity index (χ4v) is 9.22. The third-order valence-electron chi connectivity index (χ3n) is 13.4. The number of benzene rings is 1. The predicted octanol–water partition coefficient (Wildman–Crippen LogP) is 6.88. The molecular weight excluding hydrogens is 893 g/mol. The highest BCUT2D eigenvalue weighted by molar-refractivity contribution is 5.85. The number of methoxy groups -OCH3 is 1. The summed E-state index contributed by atoms with van der Waals surface area (Å²) in [4.78, 5) is 65.8. The van der Waals surface area contributed by atoms with Crippen LogP contribution in [0.3, 0.4) is 0 Å². The SMILES string of the molecule is CCC/C=C/C=C/C(=O)O[C@H]1/C(=C/C(=O)OC)CC2CC([C@@H](C)O)OC(=O)CCCC3CC(OC(C)=O)C(C)(C)[C@](O)(C[C@@H]4C/C(=C/C(=O)OCc5ccccc5)C[C@H](/C=C/C(C)(C)C1(O)O2)O4)O3. The highest BCUT2D eigenvalue weighted by Gasteiger charge is 2.59. The molecule has 380 valence electrons. The molecule has 1 aromatic rings. The van der Waals surface area contributed by atoms with Gasteiger partial charge in [0.2, 0.25) is 5.79 Å². The van der Waals surface area contributed by atoms with E-state index in [1.54, 1.807) is 45.9 Å². The average molecular weight is 965 g/mol. The topological polar surface area (TPSA) is 220 Å². The number of hydrogen-bond donors (Lipinski definition) is 3. The summed E-state index contributed by atoms with van der Waals surface area (Å²) in [5, 5.41) is 36.6. The van der Waals surface area contributed by atoms with Crippen molar-refractivity contribution in [2.75, 3.05) is 7.11 Å². The van der Waals surface area contributed by atoms with E-state index in [1.807, 2.05) is 43.3 Å². The third-order valence-corrected chi connectivity index (χ3v) is 13.4. The molecule has 0 amide bonds. The fraction of sp³-hybridized carbons (Fsp3) is 0.604. The van der Waals surface area contributed by atoms with E-state index in [1.165, 1.54) is 39.2 Å². The molecule has 6 bridgehead atoms. The lowest BCUT2D eigenvalue weighted by Crippen LogP contribution is -2.62. The number of carbonyl (C=O) groups excluding carboxylic acids is 5. The fourth-order valence-electron chi connectivity index (χ4n) is 9.22. The third kappa shape index (κ3) is 14.8. The van der Waals surface area contributed by atoms with Gasteiger partial charge < -0.3 is 53.2 Å². The maximum Gasteiger partial charge on any atom is 0.331 e. The van der Waals surface area contributed by atoms with Crippen LogP contribution in [0.1, 0.15) is 125 Å². The van der Waals surface area contributed by atoms with Crippen LogP contribution >= 0.6 is 0 Å². The van der Waals surface area contributed by atoms with Crippen molar-refractivity contribution in [3.05, 3.63) is 95.6 Å². The number of cyclic esters (lactones) is 1. The highest BCUT2D eigenvalue weighted by atomic mass is 16.7. The number of rotatable bonds is 11. The summed E-state index contributed by atoms with van der Waals surface area (Å²) in [5.41, 5.74) is -1.10. The van der Waals surface area contributed by atoms with Crippen molar-refractivity contribution >= 4 is 29.8 Å². The normalized spacial score (nSPS) is 32.9. The molecule has 4 aliphatic rings. The van der Waals surface area contributed by atoms with Crippen LogP contribution in [0.4, 0.5) is 0 Å². The van der Waals surface area contributed by atoms with Gasteiger partial charge in [-0.3, -0.25) is 9.59 Å². The second-order valence-corrected chi connectivity index (χ2v) is 19.6. The van der Waals surface area contributed by atoms with Crippen LogP contribution in [-0.4, -0.2) is 113 Å². The quantitative estimate of drug-likeness (QED) is 0.0677. The van der Waals surface area contributed by atoms with Crippen molar-refractivity contribution in [2.45, 2.75) is 186 Å². The van der Waals surface area contributed by atoms with E-state index in [4.69, 9.17) is 37.9 Å². The van der Waals surface area contributed by atoms with E-state index in [0.29, 0.717) is 5.57 Å². The Labute approximate surface area is 405 Å². The van der Waals surface area contributed by atoms with Crippen LogP contribution in [-0.2, 0) is 68.5 Å². The van der Waals surface area contributed by atoms with Crippen molar-refractivity contribution in [2.24, 2.45) is 10.8 Å². The standard InChI is InChI=1S/C53H72O16/c1-9-10-11-12-16-21-46(57)67-49-38(29-47(58)62-8)28-41-30-43(34(2)54)66-45(56)22-17-20-40-31-44(64-35(3)55)51(6,7)52(60,68-40)32-42-26-37(27-48(59)63-33-36-18-14-13-15-19-36)25-39(65-42)23-24-50(4,5)53(49,61)69-41/h11-16,18-19,21,23-24,27,29,34,39-44,49,54,60-61H,9-10,17,20,22,25-26,28,30-33H2,1-8H3/b12-11+,21-16+,24-23+,37-27+,38-29+/t34-,39+,40?,41?,42+,43?,44?,49+,52+,53?/m1/s1. The predicted molar refractivity (Wildman–Crippen MR) is 251 cm³/mol. The van der Waals surface area contributed by atoms with Crippen molar-refractivity contribution in [3.63, 3.8) is 0 Å². The molecule has 4 heterocycles. The lowest BCUT2D eigenvalue weighted by molar-refractivity contribution is -0.347. The molecule has 3 saturated heterocycles. The largest absolute Gasteiger partial charge is 0.466 e. The Bertz CT molecular complexity index is 2100. The van der Waals surface area contributed by atoms with Gasteiger partial charge in [0.05, 0.1) is 43.0 Å². The van der Waals surface area contributed by atoms with Gasteiger partial charge >= 0.3 is 29.8 Å². The van der Waals surface area contributed by atoms with E-state index in [9.17, 15) is 39.3 Å². The number of hydrogen-bond acceptors (Lipinski definition) is 16. The maximum atomic E-state index is 13.5. The number of carbonyl (C=O) groups is 5. The minimum atomic E-state index is -2.44. The first-order valence-electron chi connectivity index (χ1n) is 24.0. The van der Waals surface area contributed by atoms with E-state index in [-0.39, 0.29) is 70.0 Å². The molecule has 5 rings (SSSR count). The molecular formula is C53H72O16. The first-order valence-corrected chi connectivity index (χ1v) is 24.0. The van der Waals surface area contributed by atoms with E-state index >= 15 is 0 Å². The zero-order valence-electron chi connectivity index (χ0n) is 41.3. The van der Waals surface area contributed by atoms with E-state index in [2.05, 4.69) is 0 Å². The minimum absolute atomic E-state index is 0.0420. The summed E-state index contributed by atoms with van der Waals surface area (Å²) in [5.74, 6) is -7.80. The molecule has 4 aliphatic heterocycles. The molecule has 16 heteroatoms. The Morgan fingerprint density at radius 3 is 2.32 bits per heavy atom. The van der Waals surface area contributed by atoms with Crippen molar-refractivity contribution in [1.29, 1.82) is 0 Å². The van der Waals surface area contributed by atoms with Gasteiger partial charge in [0.15, 0.2) is 11.9 Å². The number of fused-ring (bicyclic) bond motifs is 6. The molecule has 0 aliphatic carbocycles. The van der Waals surface area contributed by atoms with Gasteiger partial charge in [-0.25, -0.2) is 14.4 Å². The van der Waals surface area contributed by atoms with Gasteiger partial charge in [-0.1, -0.05) is 107 Å². The van der Waals surface area contributed by atoms with Crippen LogP contribution in [0.25, 0.3) is 0 Å². The molecule has 5 unspecified atom stereocenters. The van der Waals surface area contributed by atoms with Gasteiger partial charge in [-0.05, 0) is 56.6 Å². The Balaban J connectivity index is 1.61. The number of esters is 5. The summed E-state index contributed by atoms with van der Waals surface area (Å²) in [6.07, 6.45) is 6.45. The van der Waals surface area contributed by atoms with Gasteiger partial charge in [0, 0.05) is 56.3 Å². The molecule has 0 aromatic heterocycles. The van der Waals surface area contributed by atoms with E-state index < -0.39 is 101 Å². The highest BCUT2D eigenvalue weighted by Crippen LogP contribution is 2.50. The summed E-state index contributed by atoms with van der Waals surface area (Å²) in [7, 11) is 1.18. The van der Waals surface area contributed by atoms with Crippen LogP contribution in [0, 0.1) is 10.8 Å². The van der Waals surface area contributed by atoms with Crippen LogP contribution in [0.2, 0.25) is 0 Å². The Hall–Kier alpha value is -4.97. The molecule has 0 saturated carbocycles. The summed E-state index contributed by atoms with van der Waals surface area (Å²) in [6, 6.07) is 9.23. The van der Waals surface area contributed by atoms with Gasteiger partial charge in [0.1, 0.15) is 18.8 Å². The first-order chi connectivity index (χ1) is 32.6. The molecule has 0 spiro atoms. The van der Waals surface area contributed by atoms with Crippen LogP contribution < -0.4 is 0 Å². The maximum absolute atomic E-state index is 13.5. The van der Waals surface area contributed by atoms with Gasteiger partial charge in [-0.15, -0.1) is 0 Å². The second kappa shape index (κ2) is 24.2. The van der Waals surface area contributed by atoms with Crippen molar-refractivity contribution in [1.82, 2.24) is 0 Å². The van der Waals surface area contributed by atoms with Crippen LogP contribution in [0.5, 0.6) is 0 Å². The summed E-state index contributed by atoms with van der Waals surface area (Å²) in [6.45, 7) is 11.6. The molecule has 3 fully saturated rings. The zero-order chi connectivity index (χ0) is 50.6. The van der Waals surface area contributed by atoms with Crippen molar-refractivity contribution in [3.8, 4) is 0 Å². The molecule has 1 aromatic carbocycles. The smallest absolute Gasteiger partial charge is 0.331 e. The minimum Gasteiger partial charge on any atom is -0.466 e. The number of aliphatic hydroxyl groups is 3. The Kier molecular flexibility index (Phi) is 19.3. The van der Waals surface area contributed by atoms with E-state index in [0.717, 1.165) is 24.5 Å². The Morgan fingerprint density at radius 2 is 1.64 bits per heavy atom. The van der Waals surface area contributed by atoms with Gasteiger partial charge in [-0.2, -0.15) is 0 Å². The number of allylic oxidation sites excluding steroid dienone is 3. The number of aliphatic hydroxyl groups excluding tert-OH is 1. The molecule has 10 atom stereocenters. The second-order valence-electron chi connectivity index (χ2n) is 19.6. The number of unbranched alkanes of at least 4 members (excludes halogenated alkanes) is 1. The molecule has 16 nitrogen and oxygen atoms in total. The molecule has 3 N–H and O–H groups in total. The lowest BCUT2D eigenvalue weighted by Gasteiger charge is -2.53. The average Bonchev–Trinajstić information content (AvgIpc) is 3.27. The number of ether oxygens (including phenoxy) is 8. The monoisotopic (exact) mass is 964 g/mol. The summed E-state index contributed by atoms with van der Waals surface area (Å²) < 4.78 is 48.0. The van der Waals surface area contributed by atoms with Crippen molar-refractivity contribution < 1.29 is 77.2 Å². The molecule has 0 radical (unpaired) electrons.